The molecule has 0 aliphatic heterocycles. The molecule has 110 valence electrons. The quantitative estimate of drug-likeness (QED) is 0.722. The Morgan fingerprint density at radius 3 is 2.67 bits per heavy atom. The highest BCUT2D eigenvalue weighted by Gasteiger charge is 2.11. The molecule has 0 bridgehead atoms. The number of ether oxygens (including phenoxy) is 2. The highest BCUT2D eigenvalue weighted by Crippen LogP contribution is 2.32. The molecule has 3 aromatic rings. The summed E-state index contributed by atoms with van der Waals surface area (Å²) in [7, 11) is 3.27. The van der Waals surface area contributed by atoms with Gasteiger partial charge in [-0.15, -0.1) is 0 Å². The first-order valence-corrected chi connectivity index (χ1v) is 7.93. The van der Waals surface area contributed by atoms with Crippen molar-refractivity contribution < 1.29 is 9.47 Å². The predicted molar refractivity (Wildman–Crippen MR) is 88.2 cm³/mol. The number of aromatic nitrogens is 2. The molecule has 1 aromatic carbocycles. The van der Waals surface area contributed by atoms with E-state index in [9.17, 15) is 0 Å². The molecular formula is C15H16N2O2S2. The van der Waals surface area contributed by atoms with Crippen LogP contribution >= 0.6 is 23.6 Å². The van der Waals surface area contributed by atoms with Crippen LogP contribution in [0.5, 0.6) is 11.5 Å². The Bertz CT molecular complexity index is 803. The number of H-pyrrole nitrogens is 1. The monoisotopic (exact) mass is 320 g/mol. The summed E-state index contributed by atoms with van der Waals surface area (Å²) in [4.78, 5) is 3.23. The van der Waals surface area contributed by atoms with Gasteiger partial charge in [0.15, 0.2) is 16.3 Å². The second-order valence-electron chi connectivity index (χ2n) is 4.69. The number of imidazole rings is 1. The normalized spacial score (nSPS) is 11.0. The number of fused-ring (bicyclic) bond motifs is 1. The second kappa shape index (κ2) is 5.91. The number of aromatic amines is 1. The molecule has 0 radical (unpaired) electrons. The molecule has 0 atom stereocenters. The maximum absolute atomic E-state index is 5.44. The van der Waals surface area contributed by atoms with E-state index in [0.29, 0.717) is 11.5 Å². The van der Waals surface area contributed by atoms with Crippen molar-refractivity contribution in [3.8, 4) is 11.5 Å². The molecule has 0 aliphatic carbocycles. The Morgan fingerprint density at radius 2 is 2.00 bits per heavy atom. The summed E-state index contributed by atoms with van der Waals surface area (Å²) in [6.45, 7) is 0.838. The largest absolute Gasteiger partial charge is 0.493 e. The zero-order valence-corrected chi connectivity index (χ0v) is 13.5. The number of rotatable bonds is 5. The first-order chi connectivity index (χ1) is 10.2. The predicted octanol–water partition coefficient (Wildman–Crippen LogP) is 4.02. The average molecular weight is 320 g/mol. The lowest BCUT2D eigenvalue weighted by molar-refractivity contribution is 0.355. The highest BCUT2D eigenvalue weighted by atomic mass is 32.1. The van der Waals surface area contributed by atoms with E-state index in [1.165, 1.54) is 5.56 Å². The number of methoxy groups -OCH3 is 2. The third kappa shape index (κ3) is 2.69. The maximum Gasteiger partial charge on any atom is 0.178 e. The summed E-state index contributed by atoms with van der Waals surface area (Å²) < 4.78 is 13.5. The average Bonchev–Trinajstić information content (AvgIpc) is 3.10. The van der Waals surface area contributed by atoms with Crippen molar-refractivity contribution in [1.29, 1.82) is 0 Å². The van der Waals surface area contributed by atoms with Crippen LogP contribution in [0, 0.1) is 4.77 Å². The fraction of sp³-hybridized carbons (Fsp3) is 0.267. The molecule has 0 unspecified atom stereocenters. The van der Waals surface area contributed by atoms with Gasteiger partial charge in [0.25, 0.3) is 0 Å². The van der Waals surface area contributed by atoms with Gasteiger partial charge in [-0.3, -0.25) is 0 Å². The van der Waals surface area contributed by atoms with Crippen molar-refractivity contribution in [2.45, 2.75) is 13.0 Å². The lowest BCUT2D eigenvalue weighted by atomic mass is 10.2. The second-order valence-corrected chi connectivity index (χ2v) is 5.85. The van der Waals surface area contributed by atoms with E-state index in [4.69, 9.17) is 21.7 Å². The van der Waals surface area contributed by atoms with Gasteiger partial charge >= 0.3 is 0 Å². The van der Waals surface area contributed by atoms with Gasteiger partial charge in [0, 0.05) is 18.7 Å². The lowest BCUT2D eigenvalue weighted by Gasteiger charge is -2.09. The molecule has 0 amide bonds. The molecule has 2 heterocycles. The zero-order chi connectivity index (χ0) is 14.8. The van der Waals surface area contributed by atoms with E-state index in [-0.39, 0.29) is 0 Å². The van der Waals surface area contributed by atoms with Crippen molar-refractivity contribution in [2.75, 3.05) is 14.2 Å². The number of hydrogen-bond donors (Lipinski definition) is 1. The standard InChI is InChI=1S/C15H16N2O2S2/c1-18-13-7-11-12(8-14(13)19-2)17(15(20)16-11)5-3-10-4-6-21-9-10/h4,6-9H,3,5H2,1-2H3,(H,16,20). The highest BCUT2D eigenvalue weighted by molar-refractivity contribution is 7.71. The summed E-state index contributed by atoms with van der Waals surface area (Å²) in [6.07, 6.45) is 0.957. The molecule has 4 nitrogen and oxygen atoms in total. The van der Waals surface area contributed by atoms with Gasteiger partial charge in [-0.05, 0) is 41.0 Å². The molecule has 6 heteroatoms. The molecule has 0 saturated heterocycles. The van der Waals surface area contributed by atoms with Crippen LogP contribution < -0.4 is 9.47 Å². The first-order valence-electron chi connectivity index (χ1n) is 6.58. The number of benzene rings is 1. The molecule has 0 aliphatic rings. The van der Waals surface area contributed by atoms with Crippen LogP contribution in [0.3, 0.4) is 0 Å². The van der Waals surface area contributed by atoms with E-state index >= 15 is 0 Å². The maximum atomic E-state index is 5.44. The Hall–Kier alpha value is -1.79. The third-order valence-corrected chi connectivity index (χ3v) is 4.54. The summed E-state index contributed by atoms with van der Waals surface area (Å²) in [5, 5.41) is 4.26. The van der Waals surface area contributed by atoms with E-state index < -0.39 is 0 Å². The Labute approximate surface area is 131 Å². The molecule has 3 rings (SSSR count). The van der Waals surface area contributed by atoms with E-state index in [2.05, 4.69) is 26.4 Å². The van der Waals surface area contributed by atoms with Crippen LogP contribution in [-0.2, 0) is 13.0 Å². The molecule has 21 heavy (non-hydrogen) atoms. The van der Waals surface area contributed by atoms with Gasteiger partial charge in [-0.1, -0.05) is 0 Å². The van der Waals surface area contributed by atoms with Gasteiger partial charge in [0.2, 0.25) is 0 Å². The van der Waals surface area contributed by atoms with Gasteiger partial charge in [-0.2, -0.15) is 11.3 Å². The Kier molecular flexibility index (Phi) is 3.98. The third-order valence-electron chi connectivity index (χ3n) is 3.48. The molecule has 2 aromatic heterocycles. The minimum absolute atomic E-state index is 0.700. The van der Waals surface area contributed by atoms with Crippen LogP contribution in [0.15, 0.2) is 29.0 Å². The Morgan fingerprint density at radius 1 is 1.24 bits per heavy atom. The van der Waals surface area contributed by atoms with Crippen LogP contribution in [0.1, 0.15) is 5.56 Å². The fourth-order valence-corrected chi connectivity index (χ4v) is 3.38. The minimum Gasteiger partial charge on any atom is -0.493 e. The van der Waals surface area contributed by atoms with E-state index in [1.54, 1.807) is 25.6 Å². The van der Waals surface area contributed by atoms with E-state index in [1.807, 2.05) is 12.1 Å². The molecule has 1 N–H and O–H groups in total. The number of thiophene rings is 1. The smallest absolute Gasteiger partial charge is 0.178 e. The summed E-state index contributed by atoms with van der Waals surface area (Å²) in [6, 6.07) is 6.03. The molecule has 0 saturated carbocycles. The van der Waals surface area contributed by atoms with Crippen LogP contribution in [-0.4, -0.2) is 23.8 Å². The van der Waals surface area contributed by atoms with Gasteiger partial charge in [0.05, 0.1) is 25.3 Å². The summed E-state index contributed by atoms with van der Waals surface area (Å²) >= 11 is 7.15. The molecule has 0 spiro atoms. The summed E-state index contributed by atoms with van der Waals surface area (Å²) in [5.41, 5.74) is 3.33. The van der Waals surface area contributed by atoms with Crippen LogP contribution in [0.2, 0.25) is 0 Å². The van der Waals surface area contributed by atoms with Crippen molar-refractivity contribution >= 4 is 34.6 Å². The van der Waals surface area contributed by atoms with Gasteiger partial charge in [0.1, 0.15) is 0 Å². The van der Waals surface area contributed by atoms with E-state index in [0.717, 1.165) is 28.8 Å². The Balaban J connectivity index is 2.01. The minimum atomic E-state index is 0.700. The number of hydrogen-bond acceptors (Lipinski definition) is 4. The van der Waals surface area contributed by atoms with Crippen molar-refractivity contribution in [3.63, 3.8) is 0 Å². The number of aryl methyl sites for hydroxylation is 2. The zero-order valence-electron chi connectivity index (χ0n) is 11.9. The van der Waals surface area contributed by atoms with Gasteiger partial charge < -0.3 is 19.0 Å². The first kappa shape index (κ1) is 14.2. The molecule has 0 fully saturated rings. The van der Waals surface area contributed by atoms with Crippen molar-refractivity contribution in [1.82, 2.24) is 9.55 Å². The topological polar surface area (TPSA) is 39.2 Å². The SMILES string of the molecule is COc1cc2[nH]c(=S)n(CCc3ccsc3)c2cc1OC. The van der Waals surface area contributed by atoms with Crippen LogP contribution in [0.4, 0.5) is 0 Å². The fourth-order valence-electron chi connectivity index (χ4n) is 2.38. The molecular weight excluding hydrogens is 304 g/mol. The number of nitrogens with one attached hydrogen (secondary N) is 1. The lowest BCUT2D eigenvalue weighted by Crippen LogP contribution is -2.01. The van der Waals surface area contributed by atoms with Crippen molar-refractivity contribution in [3.05, 3.63) is 39.3 Å². The number of nitrogens with zero attached hydrogens (tertiary/aromatic N) is 1. The van der Waals surface area contributed by atoms with Crippen molar-refractivity contribution in [2.24, 2.45) is 0 Å². The van der Waals surface area contributed by atoms with Gasteiger partial charge in [-0.25, -0.2) is 0 Å². The summed E-state index contributed by atoms with van der Waals surface area (Å²) in [5.74, 6) is 1.41. The van der Waals surface area contributed by atoms with Crippen LogP contribution in [0.25, 0.3) is 11.0 Å².